The maximum absolute atomic E-state index is 11.8. The van der Waals surface area contributed by atoms with Crippen molar-refractivity contribution in [2.24, 2.45) is 0 Å². The number of nitrogens with zero attached hydrogens (tertiary/aromatic N) is 3. The summed E-state index contributed by atoms with van der Waals surface area (Å²) in [7, 11) is 0. The summed E-state index contributed by atoms with van der Waals surface area (Å²) < 4.78 is 2.23. The van der Waals surface area contributed by atoms with Gasteiger partial charge in [-0.2, -0.15) is 5.10 Å². The molecule has 1 amide bonds. The summed E-state index contributed by atoms with van der Waals surface area (Å²) in [4.78, 5) is 16.6. The van der Waals surface area contributed by atoms with Crippen LogP contribution in [0.25, 0.3) is 0 Å². The van der Waals surface area contributed by atoms with Gasteiger partial charge in [0.25, 0.3) is 0 Å². The molecule has 2 aromatic rings. The van der Waals surface area contributed by atoms with E-state index in [0.717, 1.165) is 9.21 Å². The van der Waals surface area contributed by atoms with Crippen LogP contribution in [0.1, 0.15) is 17.8 Å². The summed E-state index contributed by atoms with van der Waals surface area (Å²) in [6.45, 7) is 2.25. The van der Waals surface area contributed by atoms with E-state index in [-0.39, 0.29) is 11.9 Å². The van der Waals surface area contributed by atoms with Gasteiger partial charge in [0.15, 0.2) is 0 Å². The fraction of sp³-hybridized carbons (Fsp3) is 0.300. The zero-order chi connectivity index (χ0) is 12.3. The van der Waals surface area contributed by atoms with Crippen LogP contribution in [0.5, 0.6) is 0 Å². The number of hydrogen-bond donors (Lipinski definition) is 1. The minimum Gasteiger partial charge on any atom is -0.349 e. The summed E-state index contributed by atoms with van der Waals surface area (Å²) in [5.41, 5.74) is 0. The van der Waals surface area contributed by atoms with Crippen LogP contribution in [0.2, 0.25) is 4.34 Å². The van der Waals surface area contributed by atoms with Crippen molar-refractivity contribution in [3.63, 3.8) is 0 Å². The number of halogens is 1. The summed E-state index contributed by atoms with van der Waals surface area (Å²) in [5, 5.41) is 6.75. The van der Waals surface area contributed by atoms with Crippen molar-refractivity contribution >= 4 is 28.8 Å². The lowest BCUT2D eigenvalue weighted by molar-refractivity contribution is -0.124. The molecule has 2 rings (SSSR count). The molecule has 0 aliphatic rings. The van der Waals surface area contributed by atoms with Gasteiger partial charge in [0.1, 0.15) is 18.7 Å². The van der Waals surface area contributed by atoms with Crippen molar-refractivity contribution < 1.29 is 4.79 Å². The Labute approximate surface area is 107 Å². The highest BCUT2D eigenvalue weighted by Crippen LogP contribution is 2.21. The smallest absolute Gasteiger partial charge is 0.244 e. The molecule has 0 unspecified atom stereocenters. The van der Waals surface area contributed by atoms with Crippen LogP contribution in [-0.4, -0.2) is 20.7 Å². The van der Waals surface area contributed by atoms with Gasteiger partial charge in [-0.1, -0.05) is 11.6 Å². The lowest BCUT2D eigenvalue weighted by Gasteiger charge is -2.11. The van der Waals surface area contributed by atoms with Gasteiger partial charge in [-0.05, 0) is 19.1 Å². The van der Waals surface area contributed by atoms with Crippen LogP contribution in [0.4, 0.5) is 0 Å². The fourth-order valence-electron chi connectivity index (χ4n) is 1.31. The summed E-state index contributed by atoms with van der Waals surface area (Å²) >= 11 is 7.26. The topological polar surface area (TPSA) is 59.8 Å². The van der Waals surface area contributed by atoms with E-state index in [1.54, 1.807) is 6.92 Å². The van der Waals surface area contributed by atoms with E-state index in [9.17, 15) is 4.79 Å². The molecule has 1 atom stereocenters. The molecule has 2 heterocycles. The number of aromatic nitrogens is 3. The largest absolute Gasteiger partial charge is 0.349 e. The third-order valence-electron chi connectivity index (χ3n) is 2.28. The third-order valence-corrected chi connectivity index (χ3v) is 3.51. The van der Waals surface area contributed by atoms with Crippen LogP contribution >= 0.6 is 22.9 Å². The Kier molecular flexibility index (Phi) is 3.75. The van der Waals surface area contributed by atoms with Crippen molar-refractivity contribution in [2.45, 2.75) is 19.5 Å². The highest BCUT2D eigenvalue weighted by atomic mass is 35.5. The van der Waals surface area contributed by atoms with Crippen molar-refractivity contribution in [1.29, 1.82) is 0 Å². The molecule has 0 aliphatic carbocycles. The molecule has 0 saturated heterocycles. The molecular formula is C10H11ClN4OS. The first-order valence-corrected chi connectivity index (χ1v) is 6.22. The SMILES string of the molecule is C[C@@H](C(=O)NCc1ccc(Cl)s1)n1cncn1. The van der Waals surface area contributed by atoms with E-state index >= 15 is 0 Å². The van der Waals surface area contributed by atoms with Gasteiger partial charge in [0.2, 0.25) is 5.91 Å². The second-order valence-electron chi connectivity index (χ2n) is 3.48. The highest BCUT2D eigenvalue weighted by molar-refractivity contribution is 7.16. The number of nitrogens with one attached hydrogen (secondary N) is 1. The Morgan fingerprint density at radius 2 is 2.47 bits per heavy atom. The van der Waals surface area contributed by atoms with E-state index in [0.29, 0.717) is 6.54 Å². The average molecular weight is 271 g/mol. The van der Waals surface area contributed by atoms with Crippen molar-refractivity contribution in [1.82, 2.24) is 20.1 Å². The van der Waals surface area contributed by atoms with Crippen molar-refractivity contribution in [3.05, 3.63) is 34.0 Å². The molecule has 0 bridgehead atoms. The second-order valence-corrected chi connectivity index (χ2v) is 5.27. The molecule has 0 fully saturated rings. The van der Waals surface area contributed by atoms with E-state index < -0.39 is 0 Å². The Morgan fingerprint density at radius 3 is 3.06 bits per heavy atom. The third kappa shape index (κ3) is 3.04. The molecular weight excluding hydrogens is 260 g/mol. The van der Waals surface area contributed by atoms with Gasteiger partial charge in [-0.3, -0.25) is 4.79 Å². The van der Waals surface area contributed by atoms with Gasteiger partial charge in [-0.25, -0.2) is 9.67 Å². The van der Waals surface area contributed by atoms with Crippen LogP contribution in [0.15, 0.2) is 24.8 Å². The zero-order valence-corrected chi connectivity index (χ0v) is 10.7. The van der Waals surface area contributed by atoms with Crippen LogP contribution in [0, 0.1) is 0 Å². The first-order valence-electron chi connectivity index (χ1n) is 5.03. The zero-order valence-electron chi connectivity index (χ0n) is 9.13. The van der Waals surface area contributed by atoms with E-state index in [1.165, 1.54) is 28.7 Å². The van der Waals surface area contributed by atoms with Gasteiger partial charge in [-0.15, -0.1) is 11.3 Å². The molecule has 7 heteroatoms. The number of thiophene rings is 1. The molecule has 0 aromatic carbocycles. The predicted octanol–water partition coefficient (Wildman–Crippen LogP) is 1.87. The molecule has 17 heavy (non-hydrogen) atoms. The molecule has 2 aromatic heterocycles. The number of carbonyl (C=O) groups is 1. The summed E-state index contributed by atoms with van der Waals surface area (Å²) in [5.74, 6) is -0.0972. The van der Waals surface area contributed by atoms with Gasteiger partial charge >= 0.3 is 0 Å². The molecule has 90 valence electrons. The van der Waals surface area contributed by atoms with Crippen LogP contribution in [0.3, 0.4) is 0 Å². The lowest BCUT2D eigenvalue weighted by Crippen LogP contribution is -2.30. The number of amides is 1. The second kappa shape index (κ2) is 5.29. The molecule has 0 spiro atoms. The van der Waals surface area contributed by atoms with Crippen LogP contribution in [-0.2, 0) is 11.3 Å². The summed E-state index contributed by atoms with van der Waals surface area (Å²) in [6, 6.07) is 3.34. The summed E-state index contributed by atoms with van der Waals surface area (Å²) in [6.07, 6.45) is 2.93. The quantitative estimate of drug-likeness (QED) is 0.923. The van der Waals surface area contributed by atoms with E-state index in [1.807, 2.05) is 12.1 Å². The van der Waals surface area contributed by atoms with Gasteiger partial charge in [0, 0.05) is 4.88 Å². The lowest BCUT2D eigenvalue weighted by atomic mass is 10.3. The van der Waals surface area contributed by atoms with E-state index in [4.69, 9.17) is 11.6 Å². The maximum atomic E-state index is 11.8. The first-order chi connectivity index (χ1) is 8.16. The minimum absolute atomic E-state index is 0.0972. The number of hydrogen-bond acceptors (Lipinski definition) is 4. The standard InChI is InChI=1S/C10H11ClN4OS/c1-7(15-6-12-5-14-15)10(16)13-4-8-2-3-9(11)17-8/h2-3,5-7H,4H2,1H3,(H,13,16)/t7-/m0/s1. The van der Waals surface area contributed by atoms with E-state index in [2.05, 4.69) is 15.4 Å². The Morgan fingerprint density at radius 1 is 1.65 bits per heavy atom. The molecule has 0 saturated carbocycles. The minimum atomic E-state index is -0.368. The number of rotatable bonds is 4. The highest BCUT2D eigenvalue weighted by Gasteiger charge is 2.14. The average Bonchev–Trinajstić information content (AvgIpc) is 2.95. The van der Waals surface area contributed by atoms with Gasteiger partial charge in [0.05, 0.1) is 10.9 Å². The molecule has 5 nitrogen and oxygen atoms in total. The fourth-order valence-corrected chi connectivity index (χ4v) is 2.33. The molecule has 0 aliphatic heterocycles. The van der Waals surface area contributed by atoms with Gasteiger partial charge < -0.3 is 5.32 Å². The van der Waals surface area contributed by atoms with Crippen molar-refractivity contribution in [2.75, 3.05) is 0 Å². The van der Waals surface area contributed by atoms with Crippen molar-refractivity contribution in [3.8, 4) is 0 Å². The Bertz CT molecular complexity index is 496. The van der Waals surface area contributed by atoms with Crippen LogP contribution < -0.4 is 5.32 Å². The Hall–Kier alpha value is -1.40. The molecule has 0 radical (unpaired) electrons. The predicted molar refractivity (Wildman–Crippen MR) is 65.9 cm³/mol. The monoisotopic (exact) mass is 270 g/mol. The number of carbonyl (C=O) groups excluding carboxylic acids is 1. The normalized spacial score (nSPS) is 12.4. The molecule has 1 N–H and O–H groups in total. The maximum Gasteiger partial charge on any atom is 0.244 e. The Balaban J connectivity index is 1.89. The first kappa shape index (κ1) is 12.1.